The van der Waals surface area contributed by atoms with Crippen molar-refractivity contribution in [3.8, 4) is 10.6 Å². The van der Waals surface area contributed by atoms with Gasteiger partial charge in [-0.05, 0) is 12.8 Å². The van der Waals surface area contributed by atoms with E-state index in [-0.39, 0.29) is 18.7 Å². The lowest BCUT2D eigenvalue weighted by atomic mass is 9.79. The molecule has 0 radical (unpaired) electrons. The third-order valence-electron chi connectivity index (χ3n) is 5.76. The van der Waals surface area contributed by atoms with Crippen molar-refractivity contribution in [2.45, 2.75) is 31.3 Å². The lowest BCUT2D eigenvalue weighted by Gasteiger charge is -2.48. The number of aliphatic hydroxyl groups is 1. The highest BCUT2D eigenvalue weighted by Crippen LogP contribution is 2.41. The summed E-state index contributed by atoms with van der Waals surface area (Å²) in [6.07, 6.45) is 2.88. The fraction of sp³-hybridized carbons (Fsp3) is 0.364. The van der Waals surface area contributed by atoms with Crippen LogP contribution in [0.25, 0.3) is 10.6 Å². The number of nitrogens with zero attached hydrogens (tertiary/aromatic N) is 2. The molecule has 1 spiro atoms. The molecule has 2 amide bonds. The van der Waals surface area contributed by atoms with Gasteiger partial charge in [0.05, 0.1) is 12.1 Å². The van der Waals surface area contributed by atoms with E-state index in [1.165, 1.54) is 11.3 Å². The van der Waals surface area contributed by atoms with E-state index in [0.717, 1.165) is 15.4 Å². The van der Waals surface area contributed by atoms with Crippen LogP contribution >= 0.6 is 11.3 Å². The Morgan fingerprint density at radius 2 is 1.94 bits per heavy atom. The molecule has 3 N–H and O–H groups in total. The van der Waals surface area contributed by atoms with Crippen LogP contribution in [0.5, 0.6) is 0 Å². The van der Waals surface area contributed by atoms with Crippen LogP contribution in [0, 0.1) is 0 Å². The molecule has 9 nitrogen and oxygen atoms in total. The number of aliphatic hydroxyl groups excluding tert-OH is 1. The number of carbonyl (C=O) groups is 3. The van der Waals surface area contributed by atoms with Gasteiger partial charge in [-0.2, -0.15) is 0 Å². The van der Waals surface area contributed by atoms with Crippen LogP contribution in [0.1, 0.15) is 24.1 Å². The predicted molar refractivity (Wildman–Crippen MR) is 116 cm³/mol. The van der Waals surface area contributed by atoms with Gasteiger partial charge in [0.2, 0.25) is 0 Å². The number of amides is 2. The van der Waals surface area contributed by atoms with Gasteiger partial charge in [0.25, 0.3) is 11.8 Å². The number of carbonyl (C=O) groups excluding carboxylic acids is 2. The molecule has 1 fully saturated rings. The third kappa shape index (κ3) is 4.37. The highest BCUT2D eigenvalue weighted by Gasteiger charge is 2.48. The normalized spacial score (nSPS) is 18.1. The van der Waals surface area contributed by atoms with Gasteiger partial charge in [-0.25, -0.2) is 4.98 Å². The van der Waals surface area contributed by atoms with Gasteiger partial charge in [0.15, 0.2) is 0 Å². The molecule has 0 saturated carbocycles. The maximum absolute atomic E-state index is 13.4. The maximum atomic E-state index is 13.4. The minimum atomic E-state index is -1.24. The van der Waals surface area contributed by atoms with Crippen molar-refractivity contribution in [2.24, 2.45) is 0 Å². The number of rotatable bonds is 6. The molecular formula is C22H23N3O6S. The molecule has 1 aromatic carbocycles. The number of hydrogen-bond acceptors (Lipinski definition) is 7. The second-order valence-corrected chi connectivity index (χ2v) is 8.92. The van der Waals surface area contributed by atoms with Gasteiger partial charge in [0.1, 0.15) is 22.9 Å². The Kier molecular flexibility index (Phi) is 6.24. The summed E-state index contributed by atoms with van der Waals surface area (Å²) in [5.74, 6) is -3.06. The van der Waals surface area contributed by atoms with E-state index in [9.17, 15) is 19.5 Å². The Labute approximate surface area is 188 Å². The van der Waals surface area contributed by atoms with Crippen LogP contribution in [0.2, 0.25) is 0 Å². The zero-order chi connectivity index (χ0) is 22.7. The molecule has 10 heteroatoms. The van der Waals surface area contributed by atoms with E-state index >= 15 is 0 Å². The van der Waals surface area contributed by atoms with E-state index in [2.05, 4.69) is 10.3 Å². The van der Waals surface area contributed by atoms with E-state index in [1.54, 1.807) is 11.1 Å². The molecule has 2 aliphatic heterocycles. The van der Waals surface area contributed by atoms with Gasteiger partial charge in [-0.3, -0.25) is 14.4 Å². The maximum Gasteiger partial charge on any atom is 0.322 e. The number of aliphatic carboxylic acids is 1. The van der Waals surface area contributed by atoms with Gasteiger partial charge in [0, 0.05) is 36.3 Å². The monoisotopic (exact) mass is 457 g/mol. The second kappa shape index (κ2) is 9.09. The predicted octanol–water partition coefficient (Wildman–Crippen LogP) is 2.10. The molecule has 2 aromatic rings. The number of carboxylic acids is 1. The number of carboxylic acid groups (broad SMARTS) is 1. The topological polar surface area (TPSA) is 129 Å². The summed E-state index contributed by atoms with van der Waals surface area (Å²) >= 11 is 1.46. The Morgan fingerprint density at radius 1 is 1.22 bits per heavy atom. The summed E-state index contributed by atoms with van der Waals surface area (Å²) in [6.45, 7) is 0.467. The summed E-state index contributed by atoms with van der Waals surface area (Å²) in [6, 6.07) is 9.70. The van der Waals surface area contributed by atoms with E-state index < -0.39 is 35.4 Å². The van der Waals surface area contributed by atoms with Crippen molar-refractivity contribution in [2.75, 3.05) is 19.8 Å². The molecule has 0 unspecified atom stereocenters. The lowest BCUT2D eigenvalue weighted by molar-refractivity contribution is -0.145. The van der Waals surface area contributed by atoms with Crippen LogP contribution in [0.15, 0.2) is 47.9 Å². The van der Waals surface area contributed by atoms with Gasteiger partial charge < -0.3 is 25.2 Å². The smallest absolute Gasteiger partial charge is 0.322 e. The summed E-state index contributed by atoms with van der Waals surface area (Å²) in [5.41, 5.74) is -0.107. The van der Waals surface area contributed by atoms with Crippen molar-refractivity contribution in [1.82, 2.24) is 15.2 Å². The van der Waals surface area contributed by atoms with Crippen molar-refractivity contribution in [3.63, 3.8) is 0 Å². The van der Waals surface area contributed by atoms with Crippen molar-refractivity contribution in [1.29, 1.82) is 0 Å². The first-order valence-electron chi connectivity index (χ1n) is 10.2. The Hall–Kier alpha value is -3.24. The van der Waals surface area contributed by atoms with Gasteiger partial charge in [-0.1, -0.05) is 30.3 Å². The van der Waals surface area contributed by atoms with E-state index in [1.807, 2.05) is 30.3 Å². The minimum absolute atomic E-state index is 0.113. The van der Waals surface area contributed by atoms with Crippen LogP contribution in [0.4, 0.5) is 0 Å². The minimum Gasteiger partial charge on any atom is -0.511 e. The fourth-order valence-electron chi connectivity index (χ4n) is 4.13. The quantitative estimate of drug-likeness (QED) is 0.567. The number of hydrogen-bond donors (Lipinski definition) is 3. The van der Waals surface area contributed by atoms with E-state index in [0.29, 0.717) is 26.1 Å². The average molecular weight is 458 g/mol. The standard InChI is InChI=1S/C22H23N3O6S/c26-16-10-22(6-8-31-9-7-22)25(21(30)18(16)19(29)23-12-17(27)28)13-15-11-24-20(32-15)14-4-2-1-3-5-14/h1-5,11,26H,6-10,12-13H2,(H,23,29)(H,27,28). The number of ether oxygens (including phenoxy) is 1. The Balaban J connectivity index is 1.63. The molecule has 2 aliphatic rings. The fourth-order valence-corrected chi connectivity index (χ4v) is 5.04. The summed E-state index contributed by atoms with van der Waals surface area (Å²) in [7, 11) is 0. The second-order valence-electron chi connectivity index (χ2n) is 7.80. The highest BCUT2D eigenvalue weighted by atomic mass is 32.1. The van der Waals surface area contributed by atoms with Crippen molar-refractivity contribution >= 4 is 29.1 Å². The van der Waals surface area contributed by atoms with Crippen LogP contribution in [0.3, 0.4) is 0 Å². The van der Waals surface area contributed by atoms with Gasteiger partial charge in [-0.15, -0.1) is 11.3 Å². The molecule has 0 atom stereocenters. The molecule has 168 valence electrons. The third-order valence-corrected chi connectivity index (χ3v) is 6.79. The van der Waals surface area contributed by atoms with Crippen LogP contribution in [-0.2, 0) is 25.7 Å². The number of aromatic nitrogens is 1. The first-order valence-corrected chi connectivity index (χ1v) is 11.0. The number of benzene rings is 1. The summed E-state index contributed by atoms with van der Waals surface area (Å²) in [4.78, 5) is 43.7. The molecule has 0 bridgehead atoms. The SMILES string of the molecule is O=C(O)CNC(=O)C1=C(O)CC2(CCOCC2)N(Cc2cnc(-c3ccccc3)s2)C1=O. The summed E-state index contributed by atoms with van der Waals surface area (Å²) in [5, 5.41) is 22.4. The Morgan fingerprint density at radius 3 is 2.62 bits per heavy atom. The number of nitrogens with one attached hydrogen (secondary N) is 1. The lowest BCUT2D eigenvalue weighted by Crippen LogP contribution is -2.58. The first-order chi connectivity index (χ1) is 15.4. The van der Waals surface area contributed by atoms with Crippen LogP contribution < -0.4 is 5.32 Å². The zero-order valence-electron chi connectivity index (χ0n) is 17.2. The van der Waals surface area contributed by atoms with E-state index in [4.69, 9.17) is 9.84 Å². The first kappa shape index (κ1) is 22.0. The van der Waals surface area contributed by atoms with Crippen molar-refractivity contribution < 1.29 is 29.3 Å². The van der Waals surface area contributed by atoms with Crippen molar-refractivity contribution in [3.05, 3.63) is 52.7 Å². The molecule has 1 aromatic heterocycles. The molecule has 32 heavy (non-hydrogen) atoms. The highest BCUT2D eigenvalue weighted by molar-refractivity contribution is 7.15. The van der Waals surface area contributed by atoms with Gasteiger partial charge >= 0.3 is 5.97 Å². The molecule has 3 heterocycles. The molecule has 0 aliphatic carbocycles. The average Bonchev–Trinajstić information content (AvgIpc) is 3.25. The largest absolute Gasteiger partial charge is 0.511 e. The molecule has 1 saturated heterocycles. The summed E-state index contributed by atoms with van der Waals surface area (Å²) < 4.78 is 5.48. The van der Waals surface area contributed by atoms with Crippen LogP contribution in [-0.4, -0.2) is 63.2 Å². The zero-order valence-corrected chi connectivity index (χ0v) is 18.1. The Bertz CT molecular complexity index is 1060. The molecule has 4 rings (SSSR count). The number of thiazole rings is 1. The molecular weight excluding hydrogens is 434 g/mol.